The number of aromatic nitrogens is 1. The van der Waals surface area contributed by atoms with Crippen molar-refractivity contribution in [2.24, 2.45) is 7.05 Å². The standard InChI is InChI=1S/C20H23N3O5S2/c1-5-17(28-15-9-7-14(8-10-15)23(3)30(4,26)27)19(24)21-13-6-11-16-18(12-13)29-20(25)22(16)2/h6-12,17H,5H2,1-4H3,(H,21,24)/t17-/m0/s1. The summed E-state index contributed by atoms with van der Waals surface area (Å²) in [6, 6.07) is 11.8. The second-order valence-electron chi connectivity index (χ2n) is 6.84. The first-order valence-corrected chi connectivity index (χ1v) is 11.9. The molecule has 3 rings (SSSR count). The van der Waals surface area contributed by atoms with Gasteiger partial charge in [-0.25, -0.2) is 8.42 Å². The highest BCUT2D eigenvalue weighted by molar-refractivity contribution is 7.92. The predicted octanol–water partition coefficient (Wildman–Crippen LogP) is 2.79. The Kier molecular flexibility index (Phi) is 6.18. The SMILES string of the molecule is CC[C@H](Oc1ccc(N(C)S(C)(=O)=O)cc1)C(=O)Nc1ccc2c(c1)sc(=O)n2C. The molecule has 1 heterocycles. The third-order valence-electron chi connectivity index (χ3n) is 4.70. The van der Waals surface area contributed by atoms with Crippen molar-refractivity contribution in [3.63, 3.8) is 0 Å². The topological polar surface area (TPSA) is 97.7 Å². The number of hydrogen-bond donors (Lipinski definition) is 1. The third kappa shape index (κ3) is 4.65. The van der Waals surface area contributed by atoms with Gasteiger partial charge in [-0.1, -0.05) is 18.3 Å². The molecule has 8 nitrogen and oxygen atoms in total. The lowest BCUT2D eigenvalue weighted by Crippen LogP contribution is -2.32. The number of nitrogens with one attached hydrogen (secondary N) is 1. The van der Waals surface area contributed by atoms with Crippen molar-refractivity contribution in [3.05, 3.63) is 52.1 Å². The zero-order chi connectivity index (χ0) is 22.1. The van der Waals surface area contributed by atoms with Crippen molar-refractivity contribution >= 4 is 48.9 Å². The number of carbonyl (C=O) groups excluding carboxylic acids is 1. The normalized spacial score (nSPS) is 12.5. The van der Waals surface area contributed by atoms with Gasteiger partial charge in [-0.3, -0.25) is 13.9 Å². The lowest BCUT2D eigenvalue weighted by atomic mass is 10.2. The number of thiazole rings is 1. The maximum Gasteiger partial charge on any atom is 0.307 e. The van der Waals surface area contributed by atoms with Gasteiger partial charge in [0.25, 0.3) is 5.91 Å². The van der Waals surface area contributed by atoms with E-state index in [4.69, 9.17) is 4.74 Å². The van der Waals surface area contributed by atoms with Crippen LogP contribution in [0.15, 0.2) is 47.3 Å². The van der Waals surface area contributed by atoms with Crippen LogP contribution >= 0.6 is 11.3 Å². The van der Waals surface area contributed by atoms with Crippen LogP contribution in [0.25, 0.3) is 10.2 Å². The molecule has 10 heteroatoms. The fourth-order valence-electron chi connectivity index (χ4n) is 2.85. The summed E-state index contributed by atoms with van der Waals surface area (Å²) in [5.74, 6) is 0.150. The molecular weight excluding hydrogens is 426 g/mol. The van der Waals surface area contributed by atoms with Gasteiger partial charge in [0.15, 0.2) is 6.10 Å². The number of carbonyl (C=O) groups is 1. The first kappa shape index (κ1) is 21.8. The minimum atomic E-state index is -3.35. The van der Waals surface area contributed by atoms with Crippen molar-refractivity contribution in [2.45, 2.75) is 19.4 Å². The maximum absolute atomic E-state index is 12.7. The molecule has 2 aromatic carbocycles. The number of benzene rings is 2. The average molecular weight is 450 g/mol. The highest BCUT2D eigenvalue weighted by atomic mass is 32.2. The molecule has 0 aliphatic carbocycles. The van der Waals surface area contributed by atoms with Crippen molar-refractivity contribution in [1.29, 1.82) is 0 Å². The van der Waals surface area contributed by atoms with E-state index < -0.39 is 16.1 Å². The highest BCUT2D eigenvalue weighted by Crippen LogP contribution is 2.23. The summed E-state index contributed by atoms with van der Waals surface area (Å²) in [6.07, 6.45) is 0.839. The number of hydrogen-bond acceptors (Lipinski definition) is 6. The average Bonchev–Trinajstić information content (AvgIpc) is 2.98. The van der Waals surface area contributed by atoms with E-state index in [0.717, 1.165) is 32.1 Å². The fraction of sp³-hybridized carbons (Fsp3) is 0.300. The molecule has 0 radical (unpaired) electrons. The first-order valence-electron chi connectivity index (χ1n) is 9.21. The molecule has 1 atom stereocenters. The van der Waals surface area contributed by atoms with Gasteiger partial charge in [0, 0.05) is 19.8 Å². The van der Waals surface area contributed by atoms with Crippen molar-refractivity contribution in [2.75, 3.05) is 22.9 Å². The first-order chi connectivity index (χ1) is 14.1. The molecule has 0 fully saturated rings. The second-order valence-corrected chi connectivity index (χ2v) is 9.84. The Morgan fingerprint density at radius 1 is 1.23 bits per heavy atom. The molecule has 0 bridgehead atoms. The Morgan fingerprint density at radius 3 is 2.50 bits per heavy atom. The summed E-state index contributed by atoms with van der Waals surface area (Å²) < 4.78 is 32.6. The number of anilines is 2. The Morgan fingerprint density at radius 2 is 1.90 bits per heavy atom. The Balaban J connectivity index is 1.71. The number of aryl methyl sites for hydroxylation is 1. The number of sulfonamides is 1. The smallest absolute Gasteiger partial charge is 0.307 e. The van der Waals surface area contributed by atoms with Crippen LogP contribution in [0.5, 0.6) is 5.75 Å². The molecule has 1 N–H and O–H groups in total. The molecule has 1 amide bonds. The number of ether oxygens (including phenoxy) is 1. The number of amides is 1. The molecule has 3 aromatic rings. The van der Waals surface area contributed by atoms with Crippen LogP contribution in [-0.4, -0.2) is 38.3 Å². The van der Waals surface area contributed by atoms with Gasteiger partial charge in [0.2, 0.25) is 10.0 Å². The molecule has 160 valence electrons. The van der Waals surface area contributed by atoms with Crippen LogP contribution in [0, 0.1) is 0 Å². The molecule has 1 aromatic heterocycles. The monoisotopic (exact) mass is 449 g/mol. The lowest BCUT2D eigenvalue weighted by molar-refractivity contribution is -0.122. The van der Waals surface area contributed by atoms with Gasteiger partial charge >= 0.3 is 4.87 Å². The Labute approximate surface area is 178 Å². The van der Waals surface area contributed by atoms with E-state index in [1.807, 2.05) is 6.92 Å². The fourth-order valence-corrected chi connectivity index (χ4v) is 4.27. The van der Waals surface area contributed by atoms with Crippen LogP contribution in [-0.2, 0) is 21.9 Å². The van der Waals surface area contributed by atoms with E-state index in [1.165, 1.54) is 7.05 Å². The summed E-state index contributed by atoms with van der Waals surface area (Å²) in [7, 11) is -0.180. The van der Waals surface area contributed by atoms with Crippen LogP contribution < -0.4 is 19.2 Å². The molecule has 30 heavy (non-hydrogen) atoms. The van der Waals surface area contributed by atoms with E-state index in [0.29, 0.717) is 23.5 Å². The molecule has 0 saturated heterocycles. The van der Waals surface area contributed by atoms with Crippen molar-refractivity contribution < 1.29 is 17.9 Å². The van der Waals surface area contributed by atoms with E-state index in [2.05, 4.69) is 5.32 Å². The molecule has 0 aliphatic heterocycles. The molecule has 0 unspecified atom stereocenters. The highest BCUT2D eigenvalue weighted by Gasteiger charge is 2.19. The van der Waals surface area contributed by atoms with E-state index in [1.54, 1.807) is 54.1 Å². The minimum Gasteiger partial charge on any atom is -0.481 e. The van der Waals surface area contributed by atoms with Gasteiger partial charge in [-0.15, -0.1) is 0 Å². The number of nitrogens with zero attached hydrogens (tertiary/aromatic N) is 2. The number of fused-ring (bicyclic) bond motifs is 1. The van der Waals surface area contributed by atoms with Crippen molar-refractivity contribution in [3.8, 4) is 5.75 Å². The molecule has 0 aliphatic rings. The van der Waals surface area contributed by atoms with Crippen LogP contribution in [0.2, 0.25) is 0 Å². The zero-order valence-corrected chi connectivity index (χ0v) is 18.7. The Hall–Kier alpha value is -2.85. The zero-order valence-electron chi connectivity index (χ0n) is 17.1. The van der Waals surface area contributed by atoms with Crippen molar-refractivity contribution in [1.82, 2.24) is 4.57 Å². The minimum absolute atomic E-state index is 0.0618. The molecule has 0 saturated carbocycles. The van der Waals surface area contributed by atoms with Crippen LogP contribution in [0.1, 0.15) is 13.3 Å². The van der Waals surface area contributed by atoms with Gasteiger partial charge in [-0.05, 0) is 48.9 Å². The maximum atomic E-state index is 12.7. The number of rotatable bonds is 7. The van der Waals surface area contributed by atoms with Gasteiger partial charge in [-0.2, -0.15) is 0 Å². The molecular formula is C20H23N3O5S2. The van der Waals surface area contributed by atoms with E-state index in [-0.39, 0.29) is 10.8 Å². The van der Waals surface area contributed by atoms with Crippen LogP contribution in [0.3, 0.4) is 0 Å². The third-order valence-corrected chi connectivity index (χ3v) is 6.90. The quantitative estimate of drug-likeness (QED) is 0.598. The summed E-state index contributed by atoms with van der Waals surface area (Å²) in [5, 5.41) is 2.83. The summed E-state index contributed by atoms with van der Waals surface area (Å²) in [4.78, 5) is 24.4. The van der Waals surface area contributed by atoms with Gasteiger partial charge in [0.1, 0.15) is 5.75 Å². The van der Waals surface area contributed by atoms with Gasteiger partial charge < -0.3 is 14.6 Å². The molecule has 0 spiro atoms. The lowest BCUT2D eigenvalue weighted by Gasteiger charge is -2.19. The van der Waals surface area contributed by atoms with Gasteiger partial charge in [0.05, 0.1) is 22.2 Å². The largest absolute Gasteiger partial charge is 0.481 e. The summed E-state index contributed by atoms with van der Waals surface area (Å²) in [6.45, 7) is 1.84. The van der Waals surface area contributed by atoms with E-state index in [9.17, 15) is 18.0 Å². The second kappa shape index (κ2) is 8.49. The van der Waals surface area contributed by atoms with E-state index >= 15 is 0 Å². The predicted molar refractivity (Wildman–Crippen MR) is 120 cm³/mol. The summed E-state index contributed by atoms with van der Waals surface area (Å²) in [5.41, 5.74) is 1.89. The Bertz CT molecular complexity index is 1230. The summed E-state index contributed by atoms with van der Waals surface area (Å²) >= 11 is 1.12. The van der Waals surface area contributed by atoms with Crippen LogP contribution in [0.4, 0.5) is 11.4 Å².